The SMILES string of the molecule is CCN(CCNC)c1nc(Nc2nccs2)nc(OC(C)c2ccc(F)cc2)n1. The first-order valence-corrected chi connectivity index (χ1v) is 10.2. The van der Waals surface area contributed by atoms with Gasteiger partial charge in [0.05, 0.1) is 0 Å². The van der Waals surface area contributed by atoms with Gasteiger partial charge in [-0.15, -0.1) is 11.3 Å². The maximum absolute atomic E-state index is 13.2. The number of benzene rings is 1. The van der Waals surface area contributed by atoms with Crippen LogP contribution in [-0.2, 0) is 0 Å². The van der Waals surface area contributed by atoms with Gasteiger partial charge in [-0.1, -0.05) is 12.1 Å². The molecule has 2 heterocycles. The summed E-state index contributed by atoms with van der Waals surface area (Å²) in [5, 5.41) is 8.76. The molecule has 0 bridgehead atoms. The Morgan fingerprint density at radius 2 is 2.00 bits per heavy atom. The van der Waals surface area contributed by atoms with Gasteiger partial charge < -0.3 is 15.0 Å². The topological polar surface area (TPSA) is 88.1 Å². The summed E-state index contributed by atoms with van der Waals surface area (Å²) < 4.78 is 19.2. The van der Waals surface area contributed by atoms with Crippen molar-refractivity contribution in [1.29, 1.82) is 0 Å². The first-order valence-electron chi connectivity index (χ1n) is 9.33. The third-order valence-corrected chi connectivity index (χ3v) is 4.86. The van der Waals surface area contributed by atoms with E-state index in [1.54, 1.807) is 18.3 Å². The molecular formula is C19H24FN7OS. The third kappa shape index (κ3) is 5.81. The summed E-state index contributed by atoms with van der Waals surface area (Å²) in [6, 6.07) is 6.36. The van der Waals surface area contributed by atoms with Crippen LogP contribution in [0.1, 0.15) is 25.5 Å². The maximum atomic E-state index is 13.2. The Balaban J connectivity index is 1.87. The van der Waals surface area contributed by atoms with Gasteiger partial charge in [0.15, 0.2) is 5.13 Å². The second-order valence-electron chi connectivity index (χ2n) is 6.20. The van der Waals surface area contributed by atoms with Gasteiger partial charge in [-0.3, -0.25) is 5.32 Å². The molecule has 0 aliphatic heterocycles. The lowest BCUT2D eigenvalue weighted by Gasteiger charge is -2.22. The fourth-order valence-electron chi connectivity index (χ4n) is 2.58. The van der Waals surface area contributed by atoms with E-state index in [1.807, 2.05) is 31.2 Å². The molecule has 0 saturated carbocycles. The predicted molar refractivity (Wildman–Crippen MR) is 112 cm³/mol. The molecule has 2 aromatic heterocycles. The molecule has 0 aliphatic carbocycles. The van der Waals surface area contributed by atoms with Gasteiger partial charge in [-0.25, -0.2) is 9.37 Å². The highest BCUT2D eigenvalue weighted by molar-refractivity contribution is 7.13. The van der Waals surface area contributed by atoms with Crippen molar-refractivity contribution in [3.8, 4) is 6.01 Å². The van der Waals surface area contributed by atoms with Crippen LogP contribution in [0.4, 0.5) is 21.4 Å². The lowest BCUT2D eigenvalue weighted by Crippen LogP contribution is -2.32. The van der Waals surface area contributed by atoms with E-state index in [2.05, 4.69) is 30.6 Å². The van der Waals surface area contributed by atoms with Gasteiger partial charge in [0.2, 0.25) is 11.9 Å². The minimum Gasteiger partial charge on any atom is -0.455 e. The molecule has 0 saturated heterocycles. The number of aromatic nitrogens is 4. The molecule has 1 aromatic carbocycles. The second kappa shape index (κ2) is 10.1. The Kier molecular flexibility index (Phi) is 7.25. The van der Waals surface area contributed by atoms with Crippen molar-refractivity contribution >= 4 is 28.4 Å². The highest BCUT2D eigenvalue weighted by Gasteiger charge is 2.16. The number of nitrogens with one attached hydrogen (secondary N) is 2. The average molecular weight is 418 g/mol. The van der Waals surface area contributed by atoms with E-state index in [0.717, 1.165) is 25.2 Å². The van der Waals surface area contributed by atoms with Gasteiger partial charge in [0.25, 0.3) is 0 Å². The molecule has 10 heteroatoms. The number of anilines is 3. The van der Waals surface area contributed by atoms with Crippen LogP contribution in [0.3, 0.4) is 0 Å². The number of likely N-dealkylation sites (N-methyl/N-ethyl adjacent to an activating group) is 2. The first-order chi connectivity index (χ1) is 14.1. The summed E-state index contributed by atoms with van der Waals surface area (Å²) in [4.78, 5) is 19.6. The molecule has 0 radical (unpaired) electrons. The minimum absolute atomic E-state index is 0.189. The van der Waals surface area contributed by atoms with E-state index >= 15 is 0 Å². The zero-order valence-corrected chi connectivity index (χ0v) is 17.4. The summed E-state index contributed by atoms with van der Waals surface area (Å²) in [7, 11) is 1.90. The predicted octanol–water partition coefficient (Wildman–Crippen LogP) is 3.40. The lowest BCUT2D eigenvalue weighted by atomic mass is 10.1. The van der Waals surface area contributed by atoms with Crippen molar-refractivity contribution < 1.29 is 9.13 Å². The van der Waals surface area contributed by atoms with Crippen LogP contribution in [0.2, 0.25) is 0 Å². The van der Waals surface area contributed by atoms with Crippen molar-refractivity contribution in [3.63, 3.8) is 0 Å². The maximum Gasteiger partial charge on any atom is 0.323 e. The molecule has 3 aromatic rings. The highest BCUT2D eigenvalue weighted by atomic mass is 32.1. The number of thiazole rings is 1. The number of rotatable bonds is 10. The van der Waals surface area contributed by atoms with Crippen molar-refractivity contribution in [2.24, 2.45) is 0 Å². The molecule has 0 amide bonds. The van der Waals surface area contributed by atoms with Crippen molar-refractivity contribution in [1.82, 2.24) is 25.3 Å². The first kappa shape index (κ1) is 20.9. The third-order valence-electron chi connectivity index (χ3n) is 4.17. The monoisotopic (exact) mass is 417 g/mol. The zero-order chi connectivity index (χ0) is 20.6. The Bertz CT molecular complexity index is 892. The smallest absolute Gasteiger partial charge is 0.323 e. The van der Waals surface area contributed by atoms with Crippen LogP contribution in [0, 0.1) is 5.82 Å². The number of halogens is 1. The standard InChI is InChI=1S/C19H24FN7OS/c1-4-27(11-9-21-3)17-23-16(25-19-22-10-12-29-19)24-18(26-17)28-13(2)14-5-7-15(20)8-6-14/h5-8,10,12-13,21H,4,9,11H2,1-3H3,(H,22,23,24,25,26). The molecule has 3 rings (SSSR count). The van der Waals surface area contributed by atoms with Gasteiger partial charge in [-0.2, -0.15) is 15.0 Å². The molecule has 0 aliphatic rings. The highest BCUT2D eigenvalue weighted by Crippen LogP contribution is 2.24. The van der Waals surface area contributed by atoms with E-state index < -0.39 is 0 Å². The normalized spacial score (nSPS) is 11.9. The number of hydrogen-bond acceptors (Lipinski definition) is 9. The summed E-state index contributed by atoms with van der Waals surface area (Å²) in [5.74, 6) is 0.578. The quantitative estimate of drug-likeness (QED) is 0.519. The largest absolute Gasteiger partial charge is 0.455 e. The summed E-state index contributed by atoms with van der Waals surface area (Å²) in [5.41, 5.74) is 0.824. The summed E-state index contributed by atoms with van der Waals surface area (Å²) in [6.07, 6.45) is 1.35. The Hall–Kier alpha value is -2.85. The van der Waals surface area contributed by atoms with Gasteiger partial charge in [0, 0.05) is 31.2 Å². The fraction of sp³-hybridized carbons (Fsp3) is 0.368. The molecule has 2 N–H and O–H groups in total. The van der Waals surface area contributed by atoms with E-state index in [9.17, 15) is 4.39 Å². The van der Waals surface area contributed by atoms with Crippen molar-refractivity contribution in [2.45, 2.75) is 20.0 Å². The molecule has 0 spiro atoms. The Morgan fingerprint density at radius 1 is 1.21 bits per heavy atom. The van der Waals surface area contributed by atoms with Gasteiger partial charge >= 0.3 is 6.01 Å². The van der Waals surface area contributed by atoms with E-state index in [-0.39, 0.29) is 17.9 Å². The number of ether oxygens (including phenoxy) is 1. The van der Waals surface area contributed by atoms with E-state index in [1.165, 1.54) is 23.5 Å². The van der Waals surface area contributed by atoms with E-state index in [0.29, 0.717) is 17.0 Å². The van der Waals surface area contributed by atoms with Crippen LogP contribution in [0.15, 0.2) is 35.8 Å². The summed E-state index contributed by atoms with van der Waals surface area (Å²) >= 11 is 1.45. The van der Waals surface area contributed by atoms with Crippen LogP contribution in [0.25, 0.3) is 0 Å². The number of hydrogen-bond donors (Lipinski definition) is 2. The zero-order valence-electron chi connectivity index (χ0n) is 16.6. The van der Waals surface area contributed by atoms with Crippen LogP contribution < -0.4 is 20.3 Å². The van der Waals surface area contributed by atoms with Crippen LogP contribution in [-0.4, -0.2) is 46.6 Å². The molecule has 1 unspecified atom stereocenters. The van der Waals surface area contributed by atoms with Crippen LogP contribution in [0.5, 0.6) is 6.01 Å². The van der Waals surface area contributed by atoms with E-state index in [4.69, 9.17) is 4.74 Å². The van der Waals surface area contributed by atoms with Crippen molar-refractivity contribution in [2.75, 3.05) is 36.9 Å². The van der Waals surface area contributed by atoms with Crippen LogP contribution >= 0.6 is 11.3 Å². The van der Waals surface area contributed by atoms with Crippen molar-refractivity contribution in [3.05, 3.63) is 47.2 Å². The molecule has 1 atom stereocenters. The second-order valence-corrected chi connectivity index (χ2v) is 7.09. The molecule has 154 valence electrons. The molecule has 0 fully saturated rings. The molecular weight excluding hydrogens is 393 g/mol. The average Bonchev–Trinajstić information content (AvgIpc) is 3.22. The Labute approximate surface area is 173 Å². The fourth-order valence-corrected chi connectivity index (χ4v) is 3.11. The summed E-state index contributed by atoms with van der Waals surface area (Å²) in [6.45, 7) is 6.16. The van der Waals surface area contributed by atoms with Gasteiger partial charge in [0.1, 0.15) is 11.9 Å². The van der Waals surface area contributed by atoms with Gasteiger partial charge in [-0.05, 0) is 38.6 Å². The lowest BCUT2D eigenvalue weighted by molar-refractivity contribution is 0.207. The number of nitrogens with zero attached hydrogens (tertiary/aromatic N) is 5. The Morgan fingerprint density at radius 3 is 2.66 bits per heavy atom. The molecule has 8 nitrogen and oxygen atoms in total. The molecule has 29 heavy (non-hydrogen) atoms. The minimum atomic E-state index is -0.356.